The molecule has 5 heteroatoms. The number of hydrogen-bond donors (Lipinski definition) is 1. The number of hydrogen-bond acceptors (Lipinski definition) is 4. The van der Waals surface area contributed by atoms with Gasteiger partial charge >= 0.3 is 0 Å². The Morgan fingerprint density at radius 1 is 1.19 bits per heavy atom. The molecule has 0 aliphatic heterocycles. The Morgan fingerprint density at radius 2 is 1.94 bits per heavy atom. The average Bonchev–Trinajstić information content (AvgIpc) is 2.32. The van der Waals surface area contributed by atoms with E-state index in [-0.39, 0.29) is 0 Å². The van der Waals surface area contributed by atoms with E-state index in [1.807, 2.05) is 18.2 Å². The number of halogens is 1. The second-order valence-electron chi connectivity index (χ2n) is 3.14. The lowest BCUT2D eigenvalue weighted by molar-refractivity contribution is 0.966. The van der Waals surface area contributed by atoms with Crippen molar-refractivity contribution >= 4 is 33.4 Å². The molecule has 1 heterocycles. The van der Waals surface area contributed by atoms with Gasteiger partial charge < -0.3 is 5.73 Å². The third-order valence-corrected chi connectivity index (χ3v) is 3.90. The van der Waals surface area contributed by atoms with Crippen molar-refractivity contribution in [1.29, 1.82) is 0 Å². The lowest BCUT2D eigenvalue weighted by Gasteiger charge is -2.05. The third-order valence-electron chi connectivity index (χ3n) is 2.01. The zero-order valence-corrected chi connectivity index (χ0v) is 10.8. The highest BCUT2D eigenvalue weighted by molar-refractivity contribution is 9.10. The minimum atomic E-state index is 0.757. The summed E-state index contributed by atoms with van der Waals surface area (Å²) in [4.78, 5) is 8.30. The van der Waals surface area contributed by atoms with Crippen LogP contribution in [0.3, 0.4) is 0 Å². The summed E-state index contributed by atoms with van der Waals surface area (Å²) in [6.07, 6.45) is 3.48. The molecule has 0 radical (unpaired) electrons. The molecule has 16 heavy (non-hydrogen) atoms. The number of nitrogens with two attached hydrogens (primary N) is 1. The van der Waals surface area contributed by atoms with Crippen LogP contribution < -0.4 is 5.73 Å². The zero-order valence-electron chi connectivity index (χ0n) is 8.43. The summed E-state index contributed by atoms with van der Waals surface area (Å²) in [6, 6.07) is 7.66. The van der Waals surface area contributed by atoms with Crippen LogP contribution in [0.4, 0.5) is 5.69 Å². The van der Waals surface area contributed by atoms with Crippen molar-refractivity contribution < 1.29 is 0 Å². The first-order valence-corrected chi connectivity index (χ1v) is 6.48. The largest absolute Gasteiger partial charge is 0.398 e. The molecule has 0 atom stereocenters. The van der Waals surface area contributed by atoms with Crippen LogP contribution in [0.5, 0.6) is 0 Å². The second kappa shape index (κ2) is 5.32. The lowest BCUT2D eigenvalue weighted by Crippen LogP contribution is -1.91. The van der Waals surface area contributed by atoms with Crippen LogP contribution in [-0.4, -0.2) is 9.97 Å². The topological polar surface area (TPSA) is 51.8 Å². The maximum atomic E-state index is 5.80. The number of thioether (sulfide) groups is 1. The monoisotopic (exact) mass is 295 g/mol. The van der Waals surface area contributed by atoms with Crippen LogP contribution in [0, 0.1) is 0 Å². The second-order valence-corrected chi connectivity index (χ2v) is 4.88. The third kappa shape index (κ3) is 2.74. The van der Waals surface area contributed by atoms with Crippen LogP contribution in [0.25, 0.3) is 0 Å². The molecule has 2 N–H and O–H groups in total. The van der Waals surface area contributed by atoms with Gasteiger partial charge in [0.2, 0.25) is 0 Å². The van der Waals surface area contributed by atoms with E-state index in [0.717, 1.165) is 26.6 Å². The van der Waals surface area contributed by atoms with E-state index in [9.17, 15) is 0 Å². The van der Waals surface area contributed by atoms with Gasteiger partial charge in [-0.2, -0.15) is 0 Å². The average molecular weight is 296 g/mol. The highest BCUT2D eigenvalue weighted by atomic mass is 79.9. The SMILES string of the molecule is Nc1cccc(CSc2ncccn2)c1Br. The van der Waals surface area contributed by atoms with Crippen LogP contribution in [0.1, 0.15) is 5.56 Å². The molecular weight excluding hydrogens is 286 g/mol. The van der Waals surface area contributed by atoms with Gasteiger partial charge in [-0.3, -0.25) is 0 Å². The molecule has 2 rings (SSSR count). The van der Waals surface area contributed by atoms with Crippen LogP contribution in [0.15, 0.2) is 46.3 Å². The van der Waals surface area contributed by atoms with Gasteiger partial charge in [0.25, 0.3) is 0 Å². The van der Waals surface area contributed by atoms with Crippen molar-refractivity contribution in [2.24, 2.45) is 0 Å². The van der Waals surface area contributed by atoms with Gasteiger partial charge in [0.05, 0.1) is 0 Å². The van der Waals surface area contributed by atoms with Crippen molar-refractivity contribution in [1.82, 2.24) is 9.97 Å². The van der Waals surface area contributed by atoms with Gasteiger partial charge in [-0.25, -0.2) is 9.97 Å². The van der Waals surface area contributed by atoms with Crippen molar-refractivity contribution in [2.45, 2.75) is 10.9 Å². The smallest absolute Gasteiger partial charge is 0.187 e. The molecular formula is C11H10BrN3S. The molecule has 2 aromatic rings. The number of nitrogen functional groups attached to an aromatic ring is 1. The normalized spacial score (nSPS) is 10.3. The number of benzene rings is 1. The fraction of sp³-hybridized carbons (Fsp3) is 0.0909. The number of nitrogens with zero attached hydrogens (tertiary/aromatic N) is 2. The fourth-order valence-corrected chi connectivity index (χ4v) is 2.60. The van der Waals surface area contributed by atoms with Gasteiger partial charge in [-0.1, -0.05) is 23.9 Å². The van der Waals surface area contributed by atoms with Crippen LogP contribution in [0.2, 0.25) is 0 Å². The molecule has 0 saturated heterocycles. The van der Waals surface area contributed by atoms with Crippen LogP contribution in [-0.2, 0) is 5.75 Å². The quantitative estimate of drug-likeness (QED) is 0.537. The van der Waals surface area contributed by atoms with Crippen LogP contribution >= 0.6 is 27.7 Å². The Kier molecular flexibility index (Phi) is 3.79. The van der Waals surface area contributed by atoms with E-state index in [4.69, 9.17) is 5.73 Å². The van der Waals surface area contributed by atoms with E-state index in [0.29, 0.717) is 0 Å². The summed E-state index contributed by atoms with van der Waals surface area (Å²) in [6.45, 7) is 0. The Hall–Kier alpha value is -1.07. The minimum Gasteiger partial charge on any atom is -0.398 e. The van der Waals surface area contributed by atoms with Crippen molar-refractivity contribution in [3.8, 4) is 0 Å². The first-order valence-electron chi connectivity index (χ1n) is 4.70. The molecule has 1 aromatic heterocycles. The lowest BCUT2D eigenvalue weighted by atomic mass is 10.2. The summed E-state index contributed by atoms with van der Waals surface area (Å²) in [5.74, 6) is 0.801. The maximum Gasteiger partial charge on any atom is 0.187 e. The van der Waals surface area contributed by atoms with Gasteiger partial charge in [-0.05, 0) is 33.6 Å². The highest BCUT2D eigenvalue weighted by Gasteiger charge is 2.04. The summed E-state index contributed by atoms with van der Waals surface area (Å²) < 4.78 is 0.957. The number of aromatic nitrogens is 2. The highest BCUT2D eigenvalue weighted by Crippen LogP contribution is 2.28. The minimum absolute atomic E-state index is 0.757. The Morgan fingerprint density at radius 3 is 2.69 bits per heavy atom. The molecule has 0 aliphatic carbocycles. The Balaban J connectivity index is 2.08. The number of anilines is 1. The van der Waals surface area contributed by atoms with E-state index < -0.39 is 0 Å². The molecule has 1 aromatic carbocycles. The Labute approximate surface area is 107 Å². The molecule has 0 bridgehead atoms. The first-order chi connectivity index (χ1) is 7.77. The molecule has 0 spiro atoms. The summed E-state index contributed by atoms with van der Waals surface area (Å²) in [5, 5.41) is 0.775. The van der Waals surface area contributed by atoms with Gasteiger partial charge in [0, 0.05) is 28.3 Å². The van der Waals surface area contributed by atoms with Gasteiger partial charge in [0.15, 0.2) is 5.16 Å². The maximum absolute atomic E-state index is 5.80. The van der Waals surface area contributed by atoms with Crippen molar-refractivity contribution in [2.75, 3.05) is 5.73 Å². The summed E-state index contributed by atoms with van der Waals surface area (Å²) in [7, 11) is 0. The fourth-order valence-electron chi connectivity index (χ4n) is 1.21. The van der Waals surface area contributed by atoms with Crippen molar-refractivity contribution in [3.05, 3.63) is 46.7 Å². The Bertz CT molecular complexity index is 476. The molecule has 0 aliphatic rings. The van der Waals surface area contributed by atoms with E-state index in [2.05, 4.69) is 25.9 Å². The van der Waals surface area contributed by atoms with E-state index >= 15 is 0 Å². The van der Waals surface area contributed by atoms with E-state index in [1.54, 1.807) is 30.2 Å². The number of rotatable bonds is 3. The standard InChI is InChI=1S/C11H10BrN3S/c12-10-8(3-1-4-9(10)13)7-16-11-14-5-2-6-15-11/h1-6H,7,13H2. The first kappa shape index (κ1) is 11.4. The van der Waals surface area contributed by atoms with Gasteiger partial charge in [-0.15, -0.1) is 0 Å². The summed E-state index contributed by atoms with van der Waals surface area (Å²) >= 11 is 5.06. The molecule has 0 saturated carbocycles. The van der Waals surface area contributed by atoms with E-state index in [1.165, 1.54) is 0 Å². The molecule has 0 amide bonds. The molecule has 3 nitrogen and oxygen atoms in total. The molecule has 82 valence electrons. The summed E-state index contributed by atoms with van der Waals surface area (Å²) in [5.41, 5.74) is 7.71. The predicted molar refractivity (Wildman–Crippen MR) is 70.1 cm³/mol. The molecule has 0 unspecified atom stereocenters. The van der Waals surface area contributed by atoms with Crippen molar-refractivity contribution in [3.63, 3.8) is 0 Å². The molecule has 0 fully saturated rings. The van der Waals surface area contributed by atoms with Gasteiger partial charge in [0.1, 0.15) is 0 Å². The zero-order chi connectivity index (χ0) is 11.4. The predicted octanol–water partition coefficient (Wildman–Crippen LogP) is 3.11.